The molecule has 0 aliphatic heterocycles. The first-order valence-corrected chi connectivity index (χ1v) is 3.89. The van der Waals surface area contributed by atoms with Gasteiger partial charge >= 0.3 is 0 Å². The summed E-state index contributed by atoms with van der Waals surface area (Å²) >= 11 is 0. The Morgan fingerprint density at radius 1 is 1.08 bits per heavy atom. The van der Waals surface area contributed by atoms with Crippen molar-refractivity contribution in [2.24, 2.45) is 0 Å². The number of H-pyrrole nitrogens is 2. The summed E-state index contributed by atoms with van der Waals surface area (Å²) in [4.78, 5) is 6.10. The molecule has 60 valence electrons. The van der Waals surface area contributed by atoms with Crippen LogP contribution >= 0.6 is 0 Å². The fourth-order valence-corrected chi connectivity index (χ4v) is 1.07. The van der Waals surface area contributed by atoms with Crippen LogP contribution in [0.4, 0.5) is 0 Å². The highest BCUT2D eigenvalue weighted by atomic mass is 14.7. The van der Waals surface area contributed by atoms with Crippen LogP contribution in [0.1, 0.15) is 11.3 Å². The Bertz CT molecular complexity index is 305. The molecule has 0 atom stereocenters. The van der Waals surface area contributed by atoms with E-state index in [4.69, 9.17) is 0 Å². The molecule has 2 heteroatoms. The molecule has 2 aromatic heterocycles. The Labute approximate surface area is 70.9 Å². The molecule has 2 heterocycles. The maximum absolute atomic E-state index is 3.10. The standard InChI is InChI=1S/C10H10N2/c1-2-10(12-6-1)4-3-9-5-7-11-8-9/h1-8,11-12H. The van der Waals surface area contributed by atoms with Gasteiger partial charge in [-0.1, -0.05) is 6.08 Å². The monoisotopic (exact) mass is 158 g/mol. The van der Waals surface area contributed by atoms with Crippen LogP contribution in [0.2, 0.25) is 0 Å². The fourth-order valence-electron chi connectivity index (χ4n) is 1.07. The predicted molar refractivity (Wildman–Crippen MR) is 50.5 cm³/mol. The van der Waals surface area contributed by atoms with Gasteiger partial charge in [0.05, 0.1) is 0 Å². The van der Waals surface area contributed by atoms with Crippen LogP contribution in [0.15, 0.2) is 36.8 Å². The van der Waals surface area contributed by atoms with E-state index < -0.39 is 0 Å². The van der Waals surface area contributed by atoms with Gasteiger partial charge in [0.1, 0.15) is 0 Å². The molecule has 2 aromatic rings. The Hall–Kier alpha value is -1.70. The summed E-state index contributed by atoms with van der Waals surface area (Å²) in [6, 6.07) is 6.04. The predicted octanol–water partition coefficient (Wildman–Crippen LogP) is 2.51. The van der Waals surface area contributed by atoms with Crippen LogP contribution in [0.5, 0.6) is 0 Å². The zero-order valence-corrected chi connectivity index (χ0v) is 6.62. The van der Waals surface area contributed by atoms with Gasteiger partial charge in [0, 0.05) is 24.3 Å². The van der Waals surface area contributed by atoms with E-state index in [0.29, 0.717) is 0 Å². The fraction of sp³-hybridized carbons (Fsp3) is 0. The van der Waals surface area contributed by atoms with Crippen molar-refractivity contribution < 1.29 is 0 Å². The average molecular weight is 158 g/mol. The number of hydrogen-bond acceptors (Lipinski definition) is 0. The highest BCUT2D eigenvalue weighted by molar-refractivity contribution is 5.67. The molecule has 0 unspecified atom stereocenters. The van der Waals surface area contributed by atoms with Gasteiger partial charge in [-0.15, -0.1) is 0 Å². The molecule has 0 aliphatic rings. The van der Waals surface area contributed by atoms with E-state index in [1.807, 2.05) is 42.9 Å². The first-order valence-electron chi connectivity index (χ1n) is 3.89. The van der Waals surface area contributed by atoms with E-state index in [-0.39, 0.29) is 0 Å². The lowest BCUT2D eigenvalue weighted by Crippen LogP contribution is -1.66. The number of aromatic nitrogens is 2. The summed E-state index contributed by atoms with van der Waals surface area (Å²) in [7, 11) is 0. The summed E-state index contributed by atoms with van der Waals surface area (Å²) in [5, 5.41) is 0. The van der Waals surface area contributed by atoms with Gasteiger partial charge in [0.2, 0.25) is 0 Å². The second kappa shape index (κ2) is 3.13. The summed E-state index contributed by atoms with van der Waals surface area (Å²) in [5.74, 6) is 0. The Balaban J connectivity index is 2.14. The summed E-state index contributed by atoms with van der Waals surface area (Å²) in [5.41, 5.74) is 2.31. The topological polar surface area (TPSA) is 31.6 Å². The highest BCUT2D eigenvalue weighted by Gasteiger charge is 1.85. The molecule has 0 radical (unpaired) electrons. The number of aromatic amines is 2. The van der Waals surface area contributed by atoms with E-state index in [9.17, 15) is 0 Å². The van der Waals surface area contributed by atoms with Crippen molar-refractivity contribution in [2.75, 3.05) is 0 Å². The second-order valence-electron chi connectivity index (χ2n) is 2.60. The molecule has 0 saturated heterocycles. The maximum atomic E-state index is 3.10. The van der Waals surface area contributed by atoms with E-state index in [2.05, 4.69) is 16.0 Å². The molecule has 12 heavy (non-hydrogen) atoms. The van der Waals surface area contributed by atoms with Gasteiger partial charge in [0.15, 0.2) is 0 Å². The Morgan fingerprint density at radius 2 is 2.08 bits per heavy atom. The van der Waals surface area contributed by atoms with Crippen molar-refractivity contribution >= 4 is 12.2 Å². The lowest BCUT2D eigenvalue weighted by molar-refractivity contribution is 1.38. The van der Waals surface area contributed by atoms with E-state index in [1.54, 1.807) is 0 Å². The molecular formula is C10H10N2. The normalized spacial score (nSPS) is 11.0. The molecule has 2 rings (SSSR count). The zero-order valence-electron chi connectivity index (χ0n) is 6.62. The van der Waals surface area contributed by atoms with Crippen molar-refractivity contribution in [2.45, 2.75) is 0 Å². The maximum Gasteiger partial charge on any atom is 0.0380 e. The van der Waals surface area contributed by atoms with Crippen LogP contribution < -0.4 is 0 Å². The summed E-state index contributed by atoms with van der Waals surface area (Å²) in [6.07, 6.45) is 9.89. The largest absolute Gasteiger partial charge is 0.367 e. The van der Waals surface area contributed by atoms with Crippen LogP contribution in [-0.4, -0.2) is 9.97 Å². The van der Waals surface area contributed by atoms with E-state index >= 15 is 0 Å². The van der Waals surface area contributed by atoms with E-state index in [0.717, 1.165) is 5.69 Å². The lowest BCUT2D eigenvalue weighted by atomic mass is 10.3. The van der Waals surface area contributed by atoms with Crippen LogP contribution in [0.25, 0.3) is 12.2 Å². The molecule has 2 N–H and O–H groups in total. The average Bonchev–Trinajstić information content (AvgIpc) is 2.74. The molecule has 0 spiro atoms. The third-order valence-corrected chi connectivity index (χ3v) is 1.70. The van der Waals surface area contributed by atoms with Crippen molar-refractivity contribution in [3.63, 3.8) is 0 Å². The highest BCUT2D eigenvalue weighted by Crippen LogP contribution is 2.04. The van der Waals surface area contributed by atoms with Gasteiger partial charge in [-0.3, -0.25) is 0 Å². The molecule has 0 bridgehead atoms. The van der Waals surface area contributed by atoms with Crippen molar-refractivity contribution in [1.82, 2.24) is 9.97 Å². The van der Waals surface area contributed by atoms with Gasteiger partial charge in [-0.2, -0.15) is 0 Å². The SMILES string of the molecule is C(=Cc1ccc[nH]1)c1cc[nH]c1. The summed E-state index contributed by atoms with van der Waals surface area (Å²) < 4.78 is 0. The quantitative estimate of drug-likeness (QED) is 0.673. The van der Waals surface area contributed by atoms with Crippen LogP contribution in [0.3, 0.4) is 0 Å². The van der Waals surface area contributed by atoms with Gasteiger partial charge < -0.3 is 9.97 Å². The molecule has 2 nitrogen and oxygen atoms in total. The van der Waals surface area contributed by atoms with Gasteiger partial charge in [-0.05, 0) is 29.8 Å². The minimum Gasteiger partial charge on any atom is -0.367 e. The number of nitrogens with one attached hydrogen (secondary N) is 2. The number of rotatable bonds is 2. The summed E-state index contributed by atoms with van der Waals surface area (Å²) in [6.45, 7) is 0. The Kier molecular flexibility index (Phi) is 1.82. The third kappa shape index (κ3) is 1.48. The van der Waals surface area contributed by atoms with Crippen molar-refractivity contribution in [3.05, 3.63) is 48.0 Å². The first kappa shape index (κ1) is 6.98. The second-order valence-corrected chi connectivity index (χ2v) is 2.60. The molecule has 0 aliphatic carbocycles. The van der Waals surface area contributed by atoms with Crippen molar-refractivity contribution in [3.8, 4) is 0 Å². The lowest BCUT2D eigenvalue weighted by Gasteiger charge is -1.83. The minimum absolute atomic E-state index is 1.12. The van der Waals surface area contributed by atoms with Crippen LogP contribution in [-0.2, 0) is 0 Å². The number of hydrogen-bond donors (Lipinski definition) is 2. The minimum atomic E-state index is 1.12. The Morgan fingerprint density at radius 3 is 2.75 bits per heavy atom. The van der Waals surface area contributed by atoms with Gasteiger partial charge in [-0.25, -0.2) is 0 Å². The van der Waals surface area contributed by atoms with Crippen molar-refractivity contribution in [1.29, 1.82) is 0 Å². The third-order valence-electron chi connectivity index (χ3n) is 1.70. The molecule has 0 saturated carbocycles. The molecular weight excluding hydrogens is 148 g/mol. The van der Waals surface area contributed by atoms with Gasteiger partial charge in [0.25, 0.3) is 0 Å². The molecule has 0 fully saturated rings. The first-order chi connectivity index (χ1) is 5.95. The molecule has 0 amide bonds. The molecule has 0 aromatic carbocycles. The smallest absolute Gasteiger partial charge is 0.0380 e. The zero-order chi connectivity index (χ0) is 8.23. The van der Waals surface area contributed by atoms with E-state index in [1.165, 1.54) is 5.56 Å². The van der Waals surface area contributed by atoms with Crippen LogP contribution in [0, 0.1) is 0 Å².